The van der Waals surface area contributed by atoms with Crippen molar-refractivity contribution in [2.45, 2.75) is 19.8 Å². The van der Waals surface area contributed by atoms with Gasteiger partial charge in [-0.2, -0.15) is 0 Å². The van der Waals surface area contributed by atoms with E-state index in [1.165, 1.54) is 17.4 Å². The molecular weight excluding hydrogens is 336 g/mol. The molecule has 3 aromatic rings. The summed E-state index contributed by atoms with van der Waals surface area (Å²) in [5, 5.41) is 11.7. The molecule has 2 aromatic carbocycles. The van der Waals surface area contributed by atoms with Crippen molar-refractivity contribution < 1.29 is 9.66 Å². The van der Waals surface area contributed by atoms with Crippen molar-refractivity contribution in [3.63, 3.8) is 0 Å². The Morgan fingerprint density at radius 1 is 1.20 bits per heavy atom. The van der Waals surface area contributed by atoms with Gasteiger partial charge in [0.15, 0.2) is 0 Å². The maximum absolute atomic E-state index is 10.8. The van der Waals surface area contributed by atoms with Crippen LogP contribution in [0, 0.1) is 10.1 Å². The zero-order valence-electron chi connectivity index (χ0n) is 13.8. The first-order valence-electron chi connectivity index (χ1n) is 8.11. The van der Waals surface area contributed by atoms with Crippen LogP contribution < -0.4 is 4.74 Å². The fourth-order valence-electron chi connectivity index (χ4n) is 2.29. The molecule has 0 aliphatic carbocycles. The Morgan fingerprint density at radius 3 is 2.72 bits per heavy atom. The fourth-order valence-corrected chi connectivity index (χ4v) is 3.20. The molecule has 0 aliphatic rings. The molecule has 25 heavy (non-hydrogen) atoms. The maximum atomic E-state index is 10.8. The molecule has 0 radical (unpaired) electrons. The van der Waals surface area contributed by atoms with Crippen LogP contribution in [0.5, 0.6) is 5.75 Å². The highest BCUT2D eigenvalue weighted by atomic mass is 32.1. The number of nitrogens with zero attached hydrogens (tertiary/aromatic N) is 2. The largest absolute Gasteiger partial charge is 0.494 e. The first-order valence-corrected chi connectivity index (χ1v) is 8.93. The smallest absolute Gasteiger partial charge is 0.270 e. The maximum Gasteiger partial charge on any atom is 0.270 e. The molecule has 0 spiro atoms. The van der Waals surface area contributed by atoms with Crippen molar-refractivity contribution in [2.24, 2.45) is 0 Å². The van der Waals surface area contributed by atoms with Crippen LogP contribution in [0.3, 0.4) is 0 Å². The third kappa shape index (κ3) is 4.42. The first kappa shape index (κ1) is 17.1. The Kier molecular flexibility index (Phi) is 5.40. The van der Waals surface area contributed by atoms with Crippen LogP contribution in [0.15, 0.2) is 42.5 Å². The van der Waals surface area contributed by atoms with Crippen molar-refractivity contribution in [3.05, 3.63) is 63.1 Å². The second-order valence-electron chi connectivity index (χ2n) is 5.57. The van der Waals surface area contributed by atoms with Gasteiger partial charge in [-0.05, 0) is 36.3 Å². The minimum Gasteiger partial charge on any atom is -0.494 e. The van der Waals surface area contributed by atoms with Gasteiger partial charge in [0.1, 0.15) is 10.8 Å². The zero-order chi connectivity index (χ0) is 17.6. The SMILES string of the molecule is CCCCOc1ccc(/C=C/c2nc3ccc([N+](=O)[O-])cc3s2)cc1. The summed E-state index contributed by atoms with van der Waals surface area (Å²) in [4.78, 5) is 14.9. The van der Waals surface area contributed by atoms with Gasteiger partial charge in [-0.15, -0.1) is 11.3 Å². The molecule has 1 aromatic heterocycles. The number of thiazole rings is 1. The molecule has 0 aliphatic heterocycles. The van der Waals surface area contributed by atoms with Crippen LogP contribution in [-0.2, 0) is 0 Å². The number of hydrogen-bond donors (Lipinski definition) is 0. The minimum absolute atomic E-state index is 0.0883. The van der Waals surface area contributed by atoms with Gasteiger partial charge in [-0.3, -0.25) is 10.1 Å². The van der Waals surface area contributed by atoms with E-state index in [2.05, 4.69) is 11.9 Å². The topological polar surface area (TPSA) is 65.3 Å². The number of aromatic nitrogens is 1. The van der Waals surface area contributed by atoms with Crippen LogP contribution in [0.1, 0.15) is 30.3 Å². The van der Waals surface area contributed by atoms with Gasteiger partial charge in [-0.1, -0.05) is 31.6 Å². The lowest BCUT2D eigenvalue weighted by molar-refractivity contribution is -0.384. The van der Waals surface area contributed by atoms with Crippen molar-refractivity contribution in [1.82, 2.24) is 4.98 Å². The summed E-state index contributed by atoms with van der Waals surface area (Å²) in [6.07, 6.45) is 6.06. The predicted molar refractivity (Wildman–Crippen MR) is 102 cm³/mol. The minimum atomic E-state index is -0.390. The van der Waals surface area contributed by atoms with Gasteiger partial charge in [0.05, 0.1) is 21.7 Å². The lowest BCUT2D eigenvalue weighted by atomic mass is 10.2. The summed E-state index contributed by atoms with van der Waals surface area (Å²) in [5.41, 5.74) is 1.91. The van der Waals surface area contributed by atoms with E-state index in [9.17, 15) is 10.1 Å². The Hall–Kier alpha value is -2.73. The summed E-state index contributed by atoms with van der Waals surface area (Å²) >= 11 is 1.44. The van der Waals surface area contributed by atoms with Gasteiger partial charge in [0.25, 0.3) is 5.69 Å². The molecule has 0 fully saturated rings. The van der Waals surface area contributed by atoms with Gasteiger partial charge >= 0.3 is 0 Å². The number of non-ortho nitro benzene ring substituents is 1. The molecule has 6 heteroatoms. The van der Waals surface area contributed by atoms with Gasteiger partial charge in [0, 0.05) is 12.1 Å². The number of fused-ring (bicyclic) bond motifs is 1. The predicted octanol–water partition coefficient (Wildman–Crippen LogP) is 5.55. The van der Waals surface area contributed by atoms with E-state index in [4.69, 9.17) is 4.74 Å². The average Bonchev–Trinajstić information content (AvgIpc) is 3.03. The summed E-state index contributed by atoms with van der Waals surface area (Å²) in [5.74, 6) is 0.873. The third-order valence-corrected chi connectivity index (χ3v) is 4.65. The molecule has 0 unspecified atom stereocenters. The van der Waals surface area contributed by atoms with Crippen LogP contribution in [0.4, 0.5) is 5.69 Å². The van der Waals surface area contributed by atoms with Crippen molar-refractivity contribution in [3.8, 4) is 5.75 Å². The summed E-state index contributed by atoms with van der Waals surface area (Å²) in [6.45, 7) is 2.88. The fraction of sp³-hybridized carbons (Fsp3) is 0.211. The molecule has 5 nitrogen and oxygen atoms in total. The lowest BCUT2D eigenvalue weighted by Gasteiger charge is -2.04. The molecule has 3 rings (SSSR count). The molecule has 0 atom stereocenters. The zero-order valence-corrected chi connectivity index (χ0v) is 14.7. The summed E-state index contributed by atoms with van der Waals surface area (Å²) in [7, 11) is 0. The van der Waals surface area contributed by atoms with Crippen LogP contribution in [-0.4, -0.2) is 16.5 Å². The standard InChI is InChI=1S/C19H18N2O3S/c1-2-3-12-24-16-8-4-14(5-9-16)6-11-19-20-17-10-7-15(21(22)23)13-18(17)25-19/h4-11,13H,2-3,12H2,1H3/b11-6+. The van der Waals surface area contributed by atoms with E-state index < -0.39 is 4.92 Å². The Balaban J connectivity index is 1.71. The lowest BCUT2D eigenvalue weighted by Crippen LogP contribution is -1.95. The molecule has 0 bridgehead atoms. The Bertz CT molecular complexity index is 901. The average molecular weight is 354 g/mol. The second kappa shape index (κ2) is 7.90. The van der Waals surface area contributed by atoms with E-state index in [0.717, 1.165) is 46.0 Å². The van der Waals surface area contributed by atoms with E-state index in [0.29, 0.717) is 0 Å². The van der Waals surface area contributed by atoms with Crippen LogP contribution in [0.2, 0.25) is 0 Å². The number of hydrogen-bond acceptors (Lipinski definition) is 5. The monoisotopic (exact) mass is 354 g/mol. The summed E-state index contributed by atoms with van der Waals surface area (Å²) < 4.78 is 6.46. The quantitative estimate of drug-likeness (QED) is 0.317. The second-order valence-corrected chi connectivity index (χ2v) is 6.63. The third-order valence-electron chi connectivity index (χ3n) is 3.66. The molecule has 0 amide bonds. The van der Waals surface area contributed by atoms with Gasteiger partial charge < -0.3 is 4.74 Å². The van der Waals surface area contributed by atoms with Crippen LogP contribution >= 0.6 is 11.3 Å². The number of rotatable bonds is 7. The number of benzene rings is 2. The Morgan fingerprint density at radius 2 is 2.00 bits per heavy atom. The normalized spacial score (nSPS) is 11.2. The highest BCUT2D eigenvalue weighted by Crippen LogP contribution is 2.27. The molecule has 0 saturated heterocycles. The molecule has 0 saturated carbocycles. The van der Waals surface area contributed by atoms with E-state index in [-0.39, 0.29) is 5.69 Å². The van der Waals surface area contributed by atoms with E-state index in [1.807, 2.05) is 36.4 Å². The van der Waals surface area contributed by atoms with E-state index >= 15 is 0 Å². The highest BCUT2D eigenvalue weighted by Gasteiger charge is 2.09. The van der Waals surface area contributed by atoms with E-state index in [1.54, 1.807) is 12.1 Å². The highest BCUT2D eigenvalue weighted by molar-refractivity contribution is 7.19. The Labute approximate surface area is 149 Å². The van der Waals surface area contributed by atoms with Gasteiger partial charge in [0.2, 0.25) is 0 Å². The van der Waals surface area contributed by atoms with Crippen molar-refractivity contribution >= 4 is 39.4 Å². The number of nitro benzene ring substituents is 1. The molecule has 128 valence electrons. The van der Waals surface area contributed by atoms with Crippen LogP contribution in [0.25, 0.3) is 22.4 Å². The van der Waals surface area contributed by atoms with Crippen molar-refractivity contribution in [1.29, 1.82) is 0 Å². The molecule has 1 heterocycles. The number of unbranched alkanes of at least 4 members (excludes halogenated alkanes) is 1. The molecular formula is C19H18N2O3S. The number of nitro groups is 1. The number of ether oxygens (including phenoxy) is 1. The summed E-state index contributed by atoms with van der Waals surface area (Å²) in [6, 6.07) is 12.6. The molecule has 0 N–H and O–H groups in total. The van der Waals surface area contributed by atoms with Crippen molar-refractivity contribution in [2.75, 3.05) is 6.61 Å². The first-order chi connectivity index (χ1) is 12.2. The van der Waals surface area contributed by atoms with Gasteiger partial charge in [-0.25, -0.2) is 4.98 Å².